The molecule has 1 amide bonds. The van der Waals surface area contributed by atoms with Crippen molar-refractivity contribution < 1.29 is 17.9 Å². The zero-order valence-corrected chi connectivity index (χ0v) is 14.4. The van der Waals surface area contributed by atoms with E-state index >= 15 is 0 Å². The van der Waals surface area contributed by atoms with Crippen molar-refractivity contribution in [1.29, 1.82) is 0 Å². The van der Waals surface area contributed by atoms with Gasteiger partial charge in [-0.05, 0) is 37.3 Å². The molecule has 0 saturated carbocycles. The number of benzene rings is 2. The summed E-state index contributed by atoms with van der Waals surface area (Å²) >= 11 is 0. The summed E-state index contributed by atoms with van der Waals surface area (Å²) in [5.41, 5.74) is 2.01. The first-order chi connectivity index (χ1) is 11.4. The summed E-state index contributed by atoms with van der Waals surface area (Å²) in [6.07, 6.45) is 0. The van der Waals surface area contributed by atoms with Gasteiger partial charge in [0.1, 0.15) is 0 Å². The second kappa shape index (κ2) is 8.05. The lowest BCUT2D eigenvalue weighted by Crippen LogP contribution is -2.27. The molecule has 0 aliphatic rings. The van der Waals surface area contributed by atoms with Crippen LogP contribution >= 0.6 is 0 Å². The van der Waals surface area contributed by atoms with Gasteiger partial charge in [0, 0.05) is 24.9 Å². The van der Waals surface area contributed by atoms with Gasteiger partial charge in [0.2, 0.25) is 10.0 Å². The maximum absolute atomic E-state index is 12.3. The van der Waals surface area contributed by atoms with Crippen LogP contribution in [0.2, 0.25) is 0 Å². The highest BCUT2D eigenvalue weighted by Gasteiger charge is 2.16. The molecule has 0 aliphatic heterocycles. The Balaban J connectivity index is 2.14. The second-order valence-corrected chi connectivity index (χ2v) is 7.01. The molecule has 0 aliphatic carbocycles. The third-order valence-corrected chi connectivity index (χ3v) is 4.77. The van der Waals surface area contributed by atoms with Gasteiger partial charge >= 0.3 is 0 Å². The summed E-state index contributed by atoms with van der Waals surface area (Å²) in [4.78, 5) is 12.3. The lowest BCUT2D eigenvalue weighted by molar-refractivity contribution is 0.102. The predicted molar refractivity (Wildman–Crippen MR) is 92.6 cm³/mol. The highest BCUT2D eigenvalue weighted by molar-refractivity contribution is 7.89. The SMILES string of the molecule is COCCNS(=O)(=O)c1cccc(C(=O)Nc2ccc(C)cc2)c1. The van der Waals surface area contributed by atoms with Gasteiger partial charge < -0.3 is 10.1 Å². The van der Waals surface area contributed by atoms with Gasteiger partial charge in [-0.25, -0.2) is 13.1 Å². The van der Waals surface area contributed by atoms with E-state index < -0.39 is 10.0 Å². The fraction of sp³-hybridized carbons (Fsp3) is 0.235. The molecule has 2 aromatic carbocycles. The molecule has 0 atom stereocenters. The van der Waals surface area contributed by atoms with Gasteiger partial charge in [0.05, 0.1) is 11.5 Å². The normalized spacial score (nSPS) is 11.2. The Hall–Kier alpha value is -2.22. The van der Waals surface area contributed by atoms with Crippen molar-refractivity contribution in [2.75, 3.05) is 25.6 Å². The van der Waals surface area contributed by atoms with E-state index in [9.17, 15) is 13.2 Å². The van der Waals surface area contributed by atoms with Crippen LogP contribution in [0.5, 0.6) is 0 Å². The second-order valence-electron chi connectivity index (χ2n) is 5.24. The minimum absolute atomic E-state index is 0.0372. The van der Waals surface area contributed by atoms with Crippen molar-refractivity contribution in [2.45, 2.75) is 11.8 Å². The maximum Gasteiger partial charge on any atom is 0.255 e. The molecule has 0 heterocycles. The van der Waals surface area contributed by atoms with Crippen LogP contribution in [-0.2, 0) is 14.8 Å². The van der Waals surface area contributed by atoms with Gasteiger partial charge in [-0.3, -0.25) is 4.79 Å². The number of rotatable bonds is 7. The molecule has 0 spiro atoms. The summed E-state index contributed by atoms with van der Waals surface area (Å²) in [5.74, 6) is -0.368. The molecule has 0 fully saturated rings. The van der Waals surface area contributed by atoms with Crippen LogP contribution in [-0.4, -0.2) is 34.6 Å². The maximum atomic E-state index is 12.3. The number of amides is 1. The Labute approximate surface area is 141 Å². The zero-order chi connectivity index (χ0) is 17.6. The Morgan fingerprint density at radius 3 is 2.50 bits per heavy atom. The van der Waals surface area contributed by atoms with Gasteiger partial charge in [-0.2, -0.15) is 0 Å². The molecule has 2 N–H and O–H groups in total. The monoisotopic (exact) mass is 348 g/mol. The predicted octanol–water partition coefficient (Wildman–Crippen LogP) is 2.17. The highest BCUT2D eigenvalue weighted by atomic mass is 32.2. The summed E-state index contributed by atoms with van der Waals surface area (Å²) < 4.78 is 31.6. The third kappa shape index (κ3) is 4.89. The number of hydrogen-bond acceptors (Lipinski definition) is 4. The first-order valence-electron chi connectivity index (χ1n) is 7.39. The summed E-state index contributed by atoms with van der Waals surface area (Å²) in [6, 6.07) is 13.2. The van der Waals surface area contributed by atoms with Crippen molar-refractivity contribution in [2.24, 2.45) is 0 Å². The van der Waals surface area contributed by atoms with Crippen LogP contribution in [0.1, 0.15) is 15.9 Å². The minimum Gasteiger partial charge on any atom is -0.383 e. The molecule has 0 unspecified atom stereocenters. The average Bonchev–Trinajstić information content (AvgIpc) is 2.57. The van der Waals surface area contributed by atoms with E-state index in [1.165, 1.54) is 25.3 Å². The Morgan fingerprint density at radius 2 is 1.83 bits per heavy atom. The molecule has 0 aromatic heterocycles. The van der Waals surface area contributed by atoms with E-state index in [0.29, 0.717) is 5.69 Å². The van der Waals surface area contributed by atoms with E-state index in [2.05, 4.69) is 10.0 Å². The molecule has 2 aromatic rings. The Bertz CT molecular complexity index is 802. The standard InChI is InChI=1S/C17H20N2O4S/c1-13-6-8-15(9-7-13)19-17(20)14-4-3-5-16(12-14)24(21,22)18-10-11-23-2/h3-9,12,18H,10-11H2,1-2H3,(H,19,20). The molecule has 0 radical (unpaired) electrons. The fourth-order valence-electron chi connectivity index (χ4n) is 2.01. The van der Waals surface area contributed by atoms with Gasteiger partial charge in [-0.1, -0.05) is 23.8 Å². The van der Waals surface area contributed by atoms with Crippen LogP contribution in [0.25, 0.3) is 0 Å². The van der Waals surface area contributed by atoms with Gasteiger partial charge in [0.15, 0.2) is 0 Å². The fourth-order valence-corrected chi connectivity index (χ4v) is 3.06. The number of aryl methyl sites for hydroxylation is 1. The van der Waals surface area contributed by atoms with E-state index in [1.54, 1.807) is 18.2 Å². The summed E-state index contributed by atoms with van der Waals surface area (Å²) in [6.45, 7) is 2.39. The molecule has 7 heteroatoms. The number of nitrogens with one attached hydrogen (secondary N) is 2. The first-order valence-corrected chi connectivity index (χ1v) is 8.87. The summed E-state index contributed by atoms with van der Waals surface area (Å²) in [7, 11) is -2.19. The molecule has 6 nitrogen and oxygen atoms in total. The zero-order valence-electron chi connectivity index (χ0n) is 13.6. The minimum atomic E-state index is -3.68. The average molecular weight is 348 g/mol. The molecule has 0 saturated heterocycles. The number of anilines is 1. The van der Waals surface area contributed by atoms with E-state index in [-0.39, 0.29) is 29.5 Å². The van der Waals surface area contributed by atoms with Crippen molar-refractivity contribution >= 4 is 21.6 Å². The van der Waals surface area contributed by atoms with Crippen LogP contribution in [0.3, 0.4) is 0 Å². The van der Waals surface area contributed by atoms with Crippen molar-refractivity contribution in [3.63, 3.8) is 0 Å². The smallest absolute Gasteiger partial charge is 0.255 e. The quantitative estimate of drug-likeness (QED) is 0.751. The number of methoxy groups -OCH3 is 1. The van der Waals surface area contributed by atoms with Crippen molar-refractivity contribution in [3.05, 3.63) is 59.7 Å². The molecule has 24 heavy (non-hydrogen) atoms. The number of ether oxygens (including phenoxy) is 1. The molecule has 128 valence electrons. The molecule has 0 bridgehead atoms. The largest absolute Gasteiger partial charge is 0.383 e. The van der Waals surface area contributed by atoms with Crippen molar-refractivity contribution in [3.8, 4) is 0 Å². The molecule has 2 rings (SSSR count). The van der Waals surface area contributed by atoms with E-state index in [0.717, 1.165) is 5.56 Å². The van der Waals surface area contributed by atoms with Crippen LogP contribution in [0.15, 0.2) is 53.4 Å². The van der Waals surface area contributed by atoms with E-state index in [4.69, 9.17) is 4.74 Å². The Kier molecular flexibility index (Phi) is 6.08. The number of hydrogen-bond donors (Lipinski definition) is 2. The third-order valence-electron chi connectivity index (χ3n) is 3.31. The van der Waals surface area contributed by atoms with Crippen molar-refractivity contribution in [1.82, 2.24) is 4.72 Å². The van der Waals surface area contributed by atoms with E-state index in [1.807, 2.05) is 19.1 Å². The molecular weight excluding hydrogens is 328 g/mol. The lowest BCUT2D eigenvalue weighted by atomic mass is 10.2. The highest BCUT2D eigenvalue weighted by Crippen LogP contribution is 2.14. The lowest BCUT2D eigenvalue weighted by Gasteiger charge is -2.09. The topological polar surface area (TPSA) is 84.5 Å². The van der Waals surface area contributed by atoms with Gasteiger partial charge in [0.25, 0.3) is 5.91 Å². The van der Waals surface area contributed by atoms with Crippen LogP contribution in [0.4, 0.5) is 5.69 Å². The van der Waals surface area contributed by atoms with Gasteiger partial charge in [-0.15, -0.1) is 0 Å². The summed E-state index contributed by atoms with van der Waals surface area (Å²) in [5, 5.41) is 2.74. The molecular formula is C17H20N2O4S. The number of sulfonamides is 1. The first kappa shape index (κ1) is 18.1. The number of carbonyl (C=O) groups excluding carboxylic acids is 1. The van der Waals surface area contributed by atoms with Crippen LogP contribution in [0, 0.1) is 6.92 Å². The number of carbonyl (C=O) groups is 1. The van der Waals surface area contributed by atoms with Crippen LogP contribution < -0.4 is 10.0 Å². The Morgan fingerprint density at radius 1 is 1.12 bits per heavy atom.